The smallest absolute Gasteiger partial charge is 0.425 e. The first-order valence-corrected chi connectivity index (χ1v) is 10.8. The predicted molar refractivity (Wildman–Crippen MR) is 114 cm³/mol. The molecule has 0 unspecified atom stereocenters. The van der Waals surface area contributed by atoms with Gasteiger partial charge in [0.2, 0.25) is 0 Å². The van der Waals surface area contributed by atoms with Crippen molar-refractivity contribution in [1.82, 2.24) is 9.97 Å². The molecule has 0 atom stereocenters. The van der Waals surface area contributed by atoms with E-state index in [1.165, 1.54) is 18.3 Å². The van der Waals surface area contributed by atoms with Gasteiger partial charge in [-0.25, -0.2) is 28.0 Å². The highest BCUT2D eigenvalue weighted by Gasteiger charge is 2.32. The molecule has 0 aliphatic heterocycles. The highest BCUT2D eigenvalue weighted by atomic mass is 32.2. The van der Waals surface area contributed by atoms with Crippen molar-refractivity contribution in [2.75, 3.05) is 4.90 Å². The molecule has 1 N–H and O–H groups in total. The van der Waals surface area contributed by atoms with Gasteiger partial charge < -0.3 is 9.84 Å². The topological polar surface area (TPSA) is 127 Å². The van der Waals surface area contributed by atoms with Crippen LogP contribution in [0.1, 0.15) is 40.3 Å². The molecule has 1 heterocycles. The van der Waals surface area contributed by atoms with E-state index in [2.05, 4.69) is 15.9 Å². The quantitative estimate of drug-likeness (QED) is 0.706. The number of hydrogen-bond donors (Lipinski definition) is 1. The monoisotopic (exact) mass is 445 g/mol. The zero-order valence-electron chi connectivity index (χ0n) is 17.8. The van der Waals surface area contributed by atoms with Gasteiger partial charge in [-0.1, -0.05) is 12.1 Å². The number of carboxylic acid groups (broad SMARTS) is 1. The molecule has 0 radical (unpaired) electrons. The Morgan fingerprint density at radius 2 is 1.77 bits per heavy atom. The average Bonchev–Trinajstić information content (AvgIpc) is 2.66. The van der Waals surface area contributed by atoms with E-state index in [9.17, 15) is 23.1 Å². The highest BCUT2D eigenvalue weighted by molar-refractivity contribution is 7.92. The number of carbonyl (C=O) groups excluding carboxylic acids is 1. The minimum absolute atomic E-state index is 0.162. The Balaban J connectivity index is 2.46. The number of rotatable bonds is 4. The number of amides is 2. The van der Waals surface area contributed by atoms with Gasteiger partial charge in [-0.15, -0.1) is 6.42 Å². The second-order valence-corrected chi connectivity index (χ2v) is 10.3. The third-order valence-electron chi connectivity index (χ3n) is 3.97. The molecule has 0 saturated carbocycles. The number of terminal acetylenes is 1. The molecule has 1 aromatic heterocycles. The number of hydrogen-bond acceptors (Lipinski definition) is 7. The molecule has 0 aliphatic carbocycles. The lowest BCUT2D eigenvalue weighted by Gasteiger charge is -2.24. The van der Waals surface area contributed by atoms with Gasteiger partial charge in [0.1, 0.15) is 5.60 Å². The van der Waals surface area contributed by atoms with Crippen LogP contribution in [0.4, 0.5) is 15.4 Å². The van der Waals surface area contributed by atoms with Crippen molar-refractivity contribution in [3.05, 3.63) is 36.2 Å². The van der Waals surface area contributed by atoms with Crippen LogP contribution in [0.5, 0.6) is 0 Å². The van der Waals surface area contributed by atoms with Crippen molar-refractivity contribution in [1.29, 1.82) is 0 Å². The third-order valence-corrected chi connectivity index (χ3v) is 6.14. The highest BCUT2D eigenvalue weighted by Crippen LogP contribution is 2.25. The minimum atomic E-state index is -3.43. The summed E-state index contributed by atoms with van der Waals surface area (Å²) < 4.78 is 29.6. The fourth-order valence-electron chi connectivity index (χ4n) is 2.43. The van der Waals surface area contributed by atoms with Gasteiger partial charge in [-0.3, -0.25) is 0 Å². The largest absolute Gasteiger partial charge is 0.464 e. The zero-order valence-corrected chi connectivity index (χ0v) is 18.6. The Bertz CT molecular complexity index is 1140. The first-order chi connectivity index (χ1) is 14.3. The molecular formula is C21H23N3O6S. The summed E-state index contributed by atoms with van der Waals surface area (Å²) in [7, 11) is -3.43. The van der Waals surface area contributed by atoms with Crippen LogP contribution < -0.4 is 4.90 Å². The van der Waals surface area contributed by atoms with Gasteiger partial charge in [-0.05, 0) is 52.7 Å². The van der Waals surface area contributed by atoms with Gasteiger partial charge in [0.25, 0.3) is 0 Å². The van der Waals surface area contributed by atoms with Crippen molar-refractivity contribution in [3.8, 4) is 23.6 Å². The number of anilines is 1. The van der Waals surface area contributed by atoms with Crippen LogP contribution in [-0.2, 0) is 14.6 Å². The number of nitrogens with zero attached hydrogens (tertiary/aromatic N) is 3. The first-order valence-electron chi connectivity index (χ1n) is 9.22. The van der Waals surface area contributed by atoms with E-state index < -0.39 is 32.9 Å². The van der Waals surface area contributed by atoms with E-state index in [0.717, 1.165) is 0 Å². The van der Waals surface area contributed by atoms with E-state index in [0.29, 0.717) is 5.56 Å². The lowest BCUT2D eigenvalue weighted by atomic mass is 10.1. The predicted octanol–water partition coefficient (Wildman–Crippen LogP) is 3.73. The molecule has 9 nitrogen and oxygen atoms in total. The molecular weight excluding hydrogens is 422 g/mol. The Morgan fingerprint density at radius 3 is 2.23 bits per heavy atom. The standard InChI is InChI=1S/C21H23N3O6S/c1-7-16-18(24(19(25)26)20(27)30-21(4,5)6)22-12-17(23-16)14-8-10-15(11-9-14)31(28,29)13(2)3/h1,8-13H,2-6H3,(H,25,26). The van der Waals surface area contributed by atoms with Crippen LogP contribution in [-0.4, -0.2) is 46.5 Å². The molecule has 10 heteroatoms. The summed E-state index contributed by atoms with van der Waals surface area (Å²) in [5.41, 5.74) is -0.339. The summed E-state index contributed by atoms with van der Waals surface area (Å²) in [5, 5.41) is 8.91. The first kappa shape index (κ1) is 23.8. The van der Waals surface area contributed by atoms with Crippen LogP contribution in [0, 0.1) is 12.3 Å². The van der Waals surface area contributed by atoms with Crippen molar-refractivity contribution in [3.63, 3.8) is 0 Å². The fourth-order valence-corrected chi connectivity index (χ4v) is 3.49. The summed E-state index contributed by atoms with van der Waals surface area (Å²) in [5.74, 6) is 1.86. The lowest BCUT2D eigenvalue weighted by Crippen LogP contribution is -2.41. The molecule has 0 aliphatic rings. The van der Waals surface area contributed by atoms with Crippen LogP contribution in [0.2, 0.25) is 0 Å². The van der Waals surface area contributed by atoms with Crippen molar-refractivity contribution < 1.29 is 27.9 Å². The van der Waals surface area contributed by atoms with E-state index in [4.69, 9.17) is 11.2 Å². The number of imide groups is 1. The van der Waals surface area contributed by atoms with Gasteiger partial charge in [0.05, 0.1) is 22.0 Å². The summed E-state index contributed by atoms with van der Waals surface area (Å²) in [6, 6.07) is 5.98. The van der Waals surface area contributed by atoms with E-state index >= 15 is 0 Å². The van der Waals surface area contributed by atoms with Crippen molar-refractivity contribution in [2.45, 2.75) is 50.4 Å². The van der Waals surface area contributed by atoms with Gasteiger partial charge in [-0.2, -0.15) is 4.90 Å². The van der Waals surface area contributed by atoms with E-state index in [1.54, 1.807) is 46.8 Å². The molecule has 0 spiro atoms. The van der Waals surface area contributed by atoms with Crippen LogP contribution in [0.25, 0.3) is 11.3 Å². The van der Waals surface area contributed by atoms with E-state index in [-0.39, 0.29) is 27.0 Å². The van der Waals surface area contributed by atoms with Crippen LogP contribution in [0.3, 0.4) is 0 Å². The minimum Gasteiger partial charge on any atom is -0.464 e. The number of benzene rings is 1. The SMILES string of the molecule is C#Cc1nc(-c2ccc(S(=O)(=O)C(C)C)cc2)cnc1N(C(=O)O)C(=O)OC(C)(C)C. The molecule has 0 saturated heterocycles. The summed E-state index contributed by atoms with van der Waals surface area (Å²) in [6.45, 7) is 7.94. The van der Waals surface area contributed by atoms with Crippen LogP contribution in [0.15, 0.2) is 35.4 Å². The third kappa shape index (κ3) is 5.38. The molecule has 31 heavy (non-hydrogen) atoms. The maximum Gasteiger partial charge on any atom is 0.425 e. The second-order valence-electron chi connectivity index (χ2n) is 7.79. The van der Waals surface area contributed by atoms with Crippen LogP contribution >= 0.6 is 0 Å². The maximum atomic E-state index is 12.3. The number of aromatic nitrogens is 2. The average molecular weight is 445 g/mol. The van der Waals surface area contributed by atoms with Gasteiger partial charge in [0.15, 0.2) is 21.3 Å². The molecule has 0 bridgehead atoms. The Hall–Kier alpha value is -3.45. The molecule has 2 rings (SSSR count). The normalized spacial score (nSPS) is 11.6. The summed E-state index contributed by atoms with van der Waals surface area (Å²) in [6.07, 6.45) is 3.92. The van der Waals surface area contributed by atoms with Gasteiger partial charge >= 0.3 is 12.2 Å². The number of ether oxygens (including phenoxy) is 1. The molecule has 1 aromatic carbocycles. The Morgan fingerprint density at radius 1 is 1.19 bits per heavy atom. The van der Waals surface area contributed by atoms with Crippen molar-refractivity contribution >= 4 is 27.8 Å². The molecule has 2 aromatic rings. The second kappa shape index (κ2) is 8.73. The van der Waals surface area contributed by atoms with Crippen molar-refractivity contribution in [2.24, 2.45) is 0 Å². The summed E-state index contributed by atoms with van der Waals surface area (Å²) in [4.78, 5) is 32.7. The molecule has 0 fully saturated rings. The Kier molecular flexibility index (Phi) is 6.71. The van der Waals surface area contributed by atoms with Gasteiger partial charge in [0, 0.05) is 5.56 Å². The summed E-state index contributed by atoms with van der Waals surface area (Å²) >= 11 is 0. The number of sulfone groups is 1. The fraction of sp³-hybridized carbons (Fsp3) is 0.333. The zero-order chi connectivity index (χ0) is 23.6. The Labute approximate surface area is 181 Å². The number of carbonyl (C=O) groups is 2. The lowest BCUT2D eigenvalue weighted by molar-refractivity contribution is 0.0580. The molecule has 164 valence electrons. The maximum absolute atomic E-state index is 12.3. The van der Waals surface area contributed by atoms with E-state index in [1.807, 2.05) is 0 Å². The molecule has 2 amide bonds.